The van der Waals surface area contributed by atoms with Crippen molar-refractivity contribution in [2.45, 2.75) is 43.7 Å². The first-order valence-corrected chi connectivity index (χ1v) is 8.99. The summed E-state index contributed by atoms with van der Waals surface area (Å²) in [5, 5.41) is 2.49. The minimum absolute atomic E-state index is 0.0720. The summed E-state index contributed by atoms with van der Waals surface area (Å²) in [6, 6.07) is 9.63. The van der Waals surface area contributed by atoms with Crippen LogP contribution >= 0.6 is 39.1 Å². The highest BCUT2D eigenvalue weighted by Gasteiger charge is 2.18. The van der Waals surface area contributed by atoms with Crippen LogP contribution in [0.2, 0.25) is 5.02 Å². The standard InChI is InChI=1S/C17H19BrCl2O2/c1-4-14(18)17(20)22-15-8-5-11-9-12(21-10(2)3)6-7-13(11)16(15)19/h5-10,14,17H,4H2,1-3H3. The van der Waals surface area contributed by atoms with Crippen LogP contribution in [0.3, 0.4) is 0 Å². The van der Waals surface area contributed by atoms with E-state index in [9.17, 15) is 0 Å². The van der Waals surface area contributed by atoms with E-state index in [1.165, 1.54) is 0 Å². The van der Waals surface area contributed by atoms with E-state index in [2.05, 4.69) is 15.9 Å². The number of alkyl halides is 2. The van der Waals surface area contributed by atoms with Crippen molar-refractivity contribution in [2.75, 3.05) is 0 Å². The Labute approximate surface area is 149 Å². The molecule has 0 radical (unpaired) electrons. The molecule has 22 heavy (non-hydrogen) atoms. The summed E-state index contributed by atoms with van der Waals surface area (Å²) < 4.78 is 11.5. The lowest BCUT2D eigenvalue weighted by Gasteiger charge is -2.18. The zero-order chi connectivity index (χ0) is 16.3. The van der Waals surface area contributed by atoms with Crippen LogP contribution in [0.25, 0.3) is 10.8 Å². The summed E-state index contributed by atoms with van der Waals surface area (Å²) in [7, 11) is 0. The molecular weight excluding hydrogens is 387 g/mol. The van der Waals surface area contributed by atoms with Crippen molar-refractivity contribution in [2.24, 2.45) is 0 Å². The lowest BCUT2D eigenvalue weighted by Crippen LogP contribution is -2.20. The molecule has 0 amide bonds. The van der Waals surface area contributed by atoms with E-state index in [1.807, 2.05) is 51.1 Å². The quantitative estimate of drug-likeness (QED) is 0.517. The van der Waals surface area contributed by atoms with Gasteiger partial charge in [0, 0.05) is 5.39 Å². The molecular formula is C17H19BrCl2O2. The van der Waals surface area contributed by atoms with Crippen molar-refractivity contribution in [3.63, 3.8) is 0 Å². The highest BCUT2D eigenvalue weighted by atomic mass is 79.9. The van der Waals surface area contributed by atoms with Gasteiger partial charge in [0.05, 0.1) is 16.0 Å². The summed E-state index contributed by atoms with van der Waals surface area (Å²) in [4.78, 5) is 0.0720. The van der Waals surface area contributed by atoms with Gasteiger partial charge in [-0.2, -0.15) is 0 Å². The smallest absolute Gasteiger partial charge is 0.184 e. The molecule has 0 fully saturated rings. The fraction of sp³-hybridized carbons (Fsp3) is 0.412. The monoisotopic (exact) mass is 404 g/mol. The van der Waals surface area contributed by atoms with Gasteiger partial charge in [-0.25, -0.2) is 0 Å². The molecule has 2 unspecified atom stereocenters. The third-order valence-electron chi connectivity index (χ3n) is 3.18. The van der Waals surface area contributed by atoms with Gasteiger partial charge in [0.25, 0.3) is 0 Å². The molecule has 5 heteroatoms. The molecule has 0 aliphatic heterocycles. The minimum Gasteiger partial charge on any atom is -0.491 e. The zero-order valence-corrected chi connectivity index (χ0v) is 15.9. The number of ether oxygens (including phenoxy) is 2. The van der Waals surface area contributed by atoms with Crippen LogP contribution in [-0.2, 0) is 0 Å². The lowest BCUT2D eigenvalue weighted by atomic mass is 10.1. The van der Waals surface area contributed by atoms with Crippen molar-refractivity contribution in [3.8, 4) is 11.5 Å². The Morgan fingerprint density at radius 3 is 2.50 bits per heavy atom. The predicted molar refractivity (Wildman–Crippen MR) is 98.0 cm³/mol. The highest BCUT2D eigenvalue weighted by molar-refractivity contribution is 9.09. The van der Waals surface area contributed by atoms with Crippen molar-refractivity contribution in [3.05, 3.63) is 35.4 Å². The molecule has 0 spiro atoms. The first-order valence-electron chi connectivity index (χ1n) is 7.26. The van der Waals surface area contributed by atoms with Crippen LogP contribution in [0.4, 0.5) is 0 Å². The van der Waals surface area contributed by atoms with E-state index in [-0.39, 0.29) is 10.9 Å². The summed E-state index contributed by atoms with van der Waals surface area (Å²) in [6.07, 6.45) is 1.01. The van der Waals surface area contributed by atoms with Crippen LogP contribution in [0.5, 0.6) is 11.5 Å². The molecule has 0 aliphatic rings. The van der Waals surface area contributed by atoms with E-state index in [0.29, 0.717) is 10.8 Å². The number of benzene rings is 2. The van der Waals surface area contributed by atoms with Crippen molar-refractivity contribution in [1.82, 2.24) is 0 Å². The number of fused-ring (bicyclic) bond motifs is 1. The fourth-order valence-corrected chi connectivity index (χ4v) is 2.73. The molecule has 0 heterocycles. The average molecular weight is 406 g/mol. The van der Waals surface area contributed by atoms with Gasteiger partial charge < -0.3 is 9.47 Å². The fourth-order valence-electron chi connectivity index (χ4n) is 2.07. The van der Waals surface area contributed by atoms with Gasteiger partial charge in [-0.05, 0) is 49.9 Å². The van der Waals surface area contributed by atoms with Gasteiger partial charge in [0.2, 0.25) is 0 Å². The normalized spacial score (nSPS) is 14.1. The second kappa shape index (κ2) is 7.76. The Kier molecular flexibility index (Phi) is 6.25. The first kappa shape index (κ1) is 17.7. The number of halogens is 3. The Balaban J connectivity index is 2.30. The number of hydrogen-bond donors (Lipinski definition) is 0. The van der Waals surface area contributed by atoms with Crippen LogP contribution in [-0.4, -0.2) is 16.5 Å². The van der Waals surface area contributed by atoms with Gasteiger partial charge in [-0.3, -0.25) is 0 Å². The van der Waals surface area contributed by atoms with Gasteiger partial charge in [-0.1, -0.05) is 52.1 Å². The molecule has 0 N–H and O–H groups in total. The lowest BCUT2D eigenvalue weighted by molar-refractivity contribution is 0.243. The van der Waals surface area contributed by atoms with Gasteiger partial charge in [-0.15, -0.1) is 0 Å². The third-order valence-corrected chi connectivity index (χ3v) is 5.39. The first-order chi connectivity index (χ1) is 10.4. The van der Waals surface area contributed by atoms with Crippen LogP contribution < -0.4 is 9.47 Å². The summed E-state index contributed by atoms with van der Waals surface area (Å²) >= 11 is 16.2. The van der Waals surface area contributed by atoms with Crippen molar-refractivity contribution < 1.29 is 9.47 Å². The van der Waals surface area contributed by atoms with Gasteiger partial charge in [0.15, 0.2) is 5.56 Å². The number of hydrogen-bond acceptors (Lipinski definition) is 2. The van der Waals surface area contributed by atoms with E-state index >= 15 is 0 Å². The predicted octanol–water partition coefficient (Wildman–Crippen LogP) is 6.40. The molecule has 2 atom stereocenters. The summed E-state index contributed by atoms with van der Waals surface area (Å²) in [5.41, 5.74) is -0.469. The Morgan fingerprint density at radius 2 is 1.86 bits per heavy atom. The van der Waals surface area contributed by atoms with Crippen LogP contribution in [0, 0.1) is 0 Å². The van der Waals surface area contributed by atoms with E-state index in [4.69, 9.17) is 32.7 Å². The maximum atomic E-state index is 6.45. The topological polar surface area (TPSA) is 18.5 Å². The molecule has 0 aliphatic carbocycles. The average Bonchev–Trinajstić information content (AvgIpc) is 2.48. The second-order valence-electron chi connectivity index (χ2n) is 5.32. The molecule has 2 aromatic carbocycles. The summed E-state index contributed by atoms with van der Waals surface area (Å²) in [5.74, 6) is 1.42. The van der Waals surface area contributed by atoms with E-state index < -0.39 is 5.56 Å². The Hall–Kier alpha value is -0.640. The molecule has 0 saturated carbocycles. The zero-order valence-electron chi connectivity index (χ0n) is 12.8. The van der Waals surface area contributed by atoms with Gasteiger partial charge >= 0.3 is 0 Å². The molecule has 0 aromatic heterocycles. The van der Waals surface area contributed by atoms with Crippen molar-refractivity contribution >= 4 is 49.9 Å². The number of rotatable bonds is 6. The molecule has 0 saturated heterocycles. The van der Waals surface area contributed by atoms with Gasteiger partial charge in [0.1, 0.15) is 11.5 Å². The highest BCUT2D eigenvalue weighted by Crippen LogP contribution is 2.36. The van der Waals surface area contributed by atoms with E-state index in [1.54, 1.807) is 0 Å². The van der Waals surface area contributed by atoms with Crippen LogP contribution in [0.1, 0.15) is 27.2 Å². The Morgan fingerprint density at radius 1 is 1.14 bits per heavy atom. The molecule has 0 bridgehead atoms. The molecule has 2 aromatic rings. The molecule has 120 valence electrons. The molecule has 2 nitrogen and oxygen atoms in total. The van der Waals surface area contributed by atoms with E-state index in [0.717, 1.165) is 22.9 Å². The SMILES string of the molecule is CCC(Br)C(Cl)Oc1ccc2cc(OC(C)C)ccc2c1Cl. The maximum absolute atomic E-state index is 6.45. The molecule has 2 rings (SSSR count). The van der Waals surface area contributed by atoms with Crippen molar-refractivity contribution in [1.29, 1.82) is 0 Å². The second-order valence-corrected chi connectivity index (χ2v) is 7.30. The maximum Gasteiger partial charge on any atom is 0.184 e. The van der Waals surface area contributed by atoms with Crippen LogP contribution in [0.15, 0.2) is 30.3 Å². The third kappa shape index (κ3) is 4.21. The Bertz CT molecular complexity index is 646. The largest absolute Gasteiger partial charge is 0.491 e. The minimum atomic E-state index is -0.469. The summed E-state index contributed by atoms with van der Waals surface area (Å²) in [6.45, 7) is 6.04.